The molecule has 0 spiro atoms. The molecular weight excluding hydrogens is 280 g/mol. The van der Waals surface area contributed by atoms with E-state index in [2.05, 4.69) is 10.2 Å². The standard InChI is InChI=1S/C17H22N2O3/c20-16(12-22-17(21)13-4-5-13)18-14-6-8-15(9-7-14)19-10-2-1-3-11-19/h6-9,13H,1-5,10-12H2,(H,18,20). The number of carbonyl (C=O) groups is 2. The molecule has 1 N–H and O–H groups in total. The van der Waals surface area contributed by atoms with E-state index >= 15 is 0 Å². The van der Waals surface area contributed by atoms with Crippen LogP contribution in [0.5, 0.6) is 0 Å². The van der Waals surface area contributed by atoms with Crippen molar-refractivity contribution < 1.29 is 14.3 Å². The Morgan fingerprint density at radius 3 is 2.41 bits per heavy atom. The molecule has 1 amide bonds. The molecule has 0 aromatic heterocycles. The maximum absolute atomic E-state index is 11.7. The third-order valence-electron chi connectivity index (χ3n) is 4.13. The van der Waals surface area contributed by atoms with Crippen LogP contribution in [0.15, 0.2) is 24.3 Å². The van der Waals surface area contributed by atoms with Crippen LogP contribution in [-0.4, -0.2) is 31.6 Å². The average Bonchev–Trinajstić information content (AvgIpc) is 3.39. The number of benzene rings is 1. The molecule has 1 aromatic carbocycles. The zero-order valence-corrected chi connectivity index (χ0v) is 12.7. The van der Waals surface area contributed by atoms with Crippen LogP contribution in [-0.2, 0) is 14.3 Å². The lowest BCUT2D eigenvalue weighted by molar-refractivity contribution is -0.148. The van der Waals surface area contributed by atoms with E-state index in [1.165, 1.54) is 24.9 Å². The molecule has 1 saturated heterocycles. The Hall–Kier alpha value is -2.04. The molecule has 118 valence electrons. The Labute approximate surface area is 130 Å². The first-order chi connectivity index (χ1) is 10.7. The van der Waals surface area contributed by atoms with E-state index in [0.717, 1.165) is 31.6 Å². The first-order valence-electron chi connectivity index (χ1n) is 8.04. The van der Waals surface area contributed by atoms with Crippen molar-refractivity contribution in [2.45, 2.75) is 32.1 Å². The molecular formula is C17H22N2O3. The number of carbonyl (C=O) groups excluding carboxylic acids is 2. The molecule has 2 aliphatic rings. The predicted molar refractivity (Wildman–Crippen MR) is 84.8 cm³/mol. The topological polar surface area (TPSA) is 58.6 Å². The number of esters is 1. The first kappa shape index (κ1) is 14.9. The lowest BCUT2D eigenvalue weighted by atomic mass is 10.1. The quantitative estimate of drug-likeness (QED) is 0.849. The highest BCUT2D eigenvalue weighted by Gasteiger charge is 2.31. The van der Waals surface area contributed by atoms with E-state index in [9.17, 15) is 9.59 Å². The summed E-state index contributed by atoms with van der Waals surface area (Å²) < 4.78 is 4.96. The third kappa shape index (κ3) is 4.00. The van der Waals surface area contributed by atoms with Crippen LogP contribution in [0.25, 0.3) is 0 Å². The second-order valence-electron chi connectivity index (χ2n) is 6.02. The molecule has 1 aliphatic carbocycles. The monoisotopic (exact) mass is 302 g/mol. The van der Waals surface area contributed by atoms with Gasteiger partial charge in [-0.2, -0.15) is 0 Å². The molecule has 0 bridgehead atoms. The molecule has 0 atom stereocenters. The van der Waals surface area contributed by atoms with E-state index in [1.54, 1.807) is 0 Å². The van der Waals surface area contributed by atoms with Gasteiger partial charge in [0.2, 0.25) is 0 Å². The number of nitrogens with one attached hydrogen (secondary N) is 1. The van der Waals surface area contributed by atoms with Crippen molar-refractivity contribution in [1.82, 2.24) is 0 Å². The lowest BCUT2D eigenvalue weighted by Gasteiger charge is -2.28. The largest absolute Gasteiger partial charge is 0.455 e. The van der Waals surface area contributed by atoms with Gasteiger partial charge < -0.3 is 15.0 Å². The van der Waals surface area contributed by atoms with Crippen molar-refractivity contribution in [3.8, 4) is 0 Å². The smallest absolute Gasteiger partial charge is 0.309 e. The van der Waals surface area contributed by atoms with Gasteiger partial charge in [0.15, 0.2) is 6.61 Å². The number of rotatable bonds is 5. The molecule has 0 unspecified atom stereocenters. The molecule has 1 heterocycles. The summed E-state index contributed by atoms with van der Waals surface area (Å²) in [5, 5.41) is 2.75. The van der Waals surface area contributed by atoms with Gasteiger partial charge in [-0.3, -0.25) is 9.59 Å². The minimum atomic E-state index is -0.292. The van der Waals surface area contributed by atoms with Crippen molar-refractivity contribution in [1.29, 1.82) is 0 Å². The molecule has 0 radical (unpaired) electrons. The van der Waals surface area contributed by atoms with Gasteiger partial charge in [-0.05, 0) is 56.4 Å². The van der Waals surface area contributed by atoms with Crippen LogP contribution >= 0.6 is 0 Å². The third-order valence-corrected chi connectivity index (χ3v) is 4.13. The van der Waals surface area contributed by atoms with Crippen LogP contribution in [0.2, 0.25) is 0 Å². The van der Waals surface area contributed by atoms with Crippen molar-refractivity contribution in [3.05, 3.63) is 24.3 Å². The van der Waals surface area contributed by atoms with Crippen molar-refractivity contribution >= 4 is 23.3 Å². The van der Waals surface area contributed by atoms with Gasteiger partial charge in [0.1, 0.15) is 0 Å². The van der Waals surface area contributed by atoms with E-state index < -0.39 is 0 Å². The zero-order valence-electron chi connectivity index (χ0n) is 12.7. The van der Waals surface area contributed by atoms with E-state index in [0.29, 0.717) is 0 Å². The van der Waals surface area contributed by atoms with Crippen molar-refractivity contribution in [2.75, 3.05) is 29.9 Å². The van der Waals surface area contributed by atoms with Gasteiger partial charge in [0.05, 0.1) is 5.92 Å². The minimum absolute atomic E-state index is 0.0247. The summed E-state index contributed by atoms with van der Waals surface area (Å²) in [5.41, 5.74) is 1.92. The number of hydrogen-bond donors (Lipinski definition) is 1. The SMILES string of the molecule is O=C(COC(=O)C1CC1)Nc1ccc(N2CCCCC2)cc1. The Kier molecular flexibility index (Phi) is 4.61. The highest BCUT2D eigenvalue weighted by Crippen LogP contribution is 2.30. The molecule has 5 heteroatoms. The summed E-state index contributed by atoms with van der Waals surface area (Å²) in [6.07, 6.45) is 5.57. The molecule has 2 fully saturated rings. The normalized spacial score (nSPS) is 17.9. The number of hydrogen-bond acceptors (Lipinski definition) is 4. The maximum Gasteiger partial charge on any atom is 0.309 e. The second-order valence-corrected chi connectivity index (χ2v) is 6.02. The second kappa shape index (κ2) is 6.81. The zero-order chi connectivity index (χ0) is 15.4. The van der Waals surface area contributed by atoms with Crippen molar-refractivity contribution in [2.24, 2.45) is 5.92 Å². The van der Waals surface area contributed by atoms with Crippen LogP contribution in [0.4, 0.5) is 11.4 Å². The number of ether oxygens (including phenoxy) is 1. The Morgan fingerprint density at radius 1 is 1.09 bits per heavy atom. The summed E-state index contributed by atoms with van der Waals surface area (Å²) in [5.74, 6) is -0.521. The molecule has 5 nitrogen and oxygen atoms in total. The van der Waals surface area contributed by atoms with Crippen molar-refractivity contribution in [3.63, 3.8) is 0 Å². The fourth-order valence-corrected chi connectivity index (χ4v) is 2.68. The van der Waals surface area contributed by atoms with Crippen LogP contribution in [0.3, 0.4) is 0 Å². The first-order valence-corrected chi connectivity index (χ1v) is 8.04. The number of piperidine rings is 1. The van der Waals surface area contributed by atoms with Gasteiger partial charge in [-0.1, -0.05) is 0 Å². The molecule has 22 heavy (non-hydrogen) atoms. The predicted octanol–water partition coefficient (Wildman–Crippen LogP) is 2.57. The van der Waals surface area contributed by atoms with Gasteiger partial charge in [-0.25, -0.2) is 0 Å². The summed E-state index contributed by atoms with van der Waals surface area (Å²) in [4.78, 5) is 25.5. The molecule has 1 aliphatic heterocycles. The van der Waals surface area contributed by atoms with Gasteiger partial charge >= 0.3 is 5.97 Å². The Bertz CT molecular complexity index is 531. The van der Waals surface area contributed by atoms with Gasteiger partial charge in [0.25, 0.3) is 5.91 Å². The summed E-state index contributed by atoms with van der Waals surface area (Å²) in [7, 11) is 0. The molecule has 1 aromatic rings. The van der Waals surface area contributed by atoms with E-state index in [1.807, 2.05) is 24.3 Å². The van der Waals surface area contributed by atoms with Gasteiger partial charge in [0, 0.05) is 24.5 Å². The van der Waals surface area contributed by atoms with E-state index in [4.69, 9.17) is 4.74 Å². The highest BCUT2D eigenvalue weighted by molar-refractivity contribution is 5.93. The average molecular weight is 302 g/mol. The summed E-state index contributed by atoms with van der Waals surface area (Å²) in [6, 6.07) is 7.84. The van der Waals surface area contributed by atoms with Crippen LogP contribution in [0.1, 0.15) is 32.1 Å². The Balaban J connectivity index is 1.47. The lowest BCUT2D eigenvalue weighted by Crippen LogP contribution is -2.29. The maximum atomic E-state index is 11.7. The fraction of sp³-hybridized carbons (Fsp3) is 0.529. The highest BCUT2D eigenvalue weighted by atomic mass is 16.5. The Morgan fingerprint density at radius 2 is 1.77 bits per heavy atom. The minimum Gasteiger partial charge on any atom is -0.455 e. The molecule has 3 rings (SSSR count). The van der Waals surface area contributed by atoms with Crippen LogP contribution in [0, 0.1) is 5.92 Å². The summed E-state index contributed by atoms with van der Waals surface area (Å²) in [6.45, 7) is 1.99. The number of anilines is 2. The molecule has 1 saturated carbocycles. The van der Waals surface area contributed by atoms with Gasteiger partial charge in [-0.15, -0.1) is 0 Å². The number of nitrogens with zero attached hydrogens (tertiary/aromatic N) is 1. The fourth-order valence-electron chi connectivity index (χ4n) is 2.68. The summed E-state index contributed by atoms with van der Waals surface area (Å²) >= 11 is 0. The number of amides is 1. The van der Waals surface area contributed by atoms with Crippen LogP contribution < -0.4 is 10.2 Å². The van der Waals surface area contributed by atoms with E-state index in [-0.39, 0.29) is 24.4 Å².